The third kappa shape index (κ3) is 5.24. The van der Waals surface area contributed by atoms with Crippen LogP contribution in [0.4, 0.5) is 4.79 Å². The predicted octanol–water partition coefficient (Wildman–Crippen LogP) is 2.26. The SMILES string of the molecule is CC(OC(=O)c1ccccc1)C(=O)NC(=O)NCc1ccccc1. The van der Waals surface area contributed by atoms with Gasteiger partial charge in [0.1, 0.15) is 0 Å². The number of hydrogen-bond acceptors (Lipinski definition) is 4. The average molecular weight is 326 g/mol. The highest BCUT2D eigenvalue weighted by Gasteiger charge is 2.20. The van der Waals surface area contributed by atoms with E-state index < -0.39 is 24.0 Å². The summed E-state index contributed by atoms with van der Waals surface area (Å²) in [5.74, 6) is -1.31. The van der Waals surface area contributed by atoms with Crippen LogP contribution in [0.15, 0.2) is 60.7 Å². The lowest BCUT2D eigenvalue weighted by molar-refractivity contribution is -0.127. The fraction of sp³-hybridized carbons (Fsp3) is 0.167. The first-order valence-corrected chi connectivity index (χ1v) is 7.45. The molecule has 24 heavy (non-hydrogen) atoms. The number of carbonyl (C=O) groups is 3. The smallest absolute Gasteiger partial charge is 0.338 e. The second kappa shape index (κ2) is 8.47. The topological polar surface area (TPSA) is 84.5 Å². The van der Waals surface area contributed by atoms with Gasteiger partial charge in [0.25, 0.3) is 5.91 Å². The molecule has 0 saturated heterocycles. The van der Waals surface area contributed by atoms with E-state index in [-0.39, 0.29) is 6.54 Å². The molecule has 0 heterocycles. The van der Waals surface area contributed by atoms with Crippen molar-refractivity contribution >= 4 is 17.9 Å². The molecule has 6 nitrogen and oxygen atoms in total. The largest absolute Gasteiger partial charge is 0.449 e. The van der Waals surface area contributed by atoms with Gasteiger partial charge in [-0.3, -0.25) is 10.1 Å². The molecule has 2 aromatic carbocycles. The number of rotatable bonds is 5. The maximum atomic E-state index is 11.9. The van der Waals surface area contributed by atoms with E-state index in [1.54, 1.807) is 30.3 Å². The second-order valence-corrected chi connectivity index (χ2v) is 5.07. The molecule has 0 aliphatic heterocycles. The standard InChI is InChI=1S/C18H18N2O4/c1-13(24-17(22)15-10-6-3-7-11-15)16(21)20-18(23)19-12-14-8-4-2-5-9-14/h2-11,13H,12H2,1H3,(H2,19,20,21,23). The molecule has 0 aromatic heterocycles. The Labute approximate surface area is 139 Å². The maximum Gasteiger partial charge on any atom is 0.338 e. The summed E-state index contributed by atoms with van der Waals surface area (Å²) in [6.07, 6.45) is -1.08. The monoisotopic (exact) mass is 326 g/mol. The Morgan fingerprint density at radius 2 is 1.54 bits per heavy atom. The lowest BCUT2D eigenvalue weighted by atomic mass is 10.2. The third-order valence-corrected chi connectivity index (χ3v) is 3.20. The van der Waals surface area contributed by atoms with Gasteiger partial charge in [0.05, 0.1) is 5.56 Å². The maximum absolute atomic E-state index is 11.9. The van der Waals surface area contributed by atoms with Crippen LogP contribution in [0.1, 0.15) is 22.8 Å². The summed E-state index contributed by atoms with van der Waals surface area (Å²) in [7, 11) is 0. The fourth-order valence-electron chi connectivity index (χ4n) is 1.89. The van der Waals surface area contributed by atoms with E-state index in [2.05, 4.69) is 10.6 Å². The summed E-state index contributed by atoms with van der Waals surface area (Å²) >= 11 is 0. The Kier molecular flexibility index (Phi) is 6.08. The van der Waals surface area contributed by atoms with Crippen molar-refractivity contribution in [1.29, 1.82) is 0 Å². The van der Waals surface area contributed by atoms with Gasteiger partial charge >= 0.3 is 12.0 Å². The Morgan fingerprint density at radius 1 is 0.958 bits per heavy atom. The first-order valence-electron chi connectivity index (χ1n) is 7.45. The molecule has 0 aliphatic rings. The second-order valence-electron chi connectivity index (χ2n) is 5.07. The summed E-state index contributed by atoms with van der Waals surface area (Å²) in [5.41, 5.74) is 1.24. The van der Waals surface area contributed by atoms with E-state index >= 15 is 0 Å². The molecular weight excluding hydrogens is 308 g/mol. The zero-order valence-electron chi connectivity index (χ0n) is 13.2. The van der Waals surface area contributed by atoms with E-state index in [0.29, 0.717) is 5.56 Å². The quantitative estimate of drug-likeness (QED) is 0.826. The Bertz CT molecular complexity index is 701. The van der Waals surface area contributed by atoms with Gasteiger partial charge in [-0.05, 0) is 24.6 Å². The Balaban J connectivity index is 1.78. The van der Waals surface area contributed by atoms with Crippen molar-refractivity contribution < 1.29 is 19.1 Å². The number of nitrogens with one attached hydrogen (secondary N) is 2. The van der Waals surface area contributed by atoms with Gasteiger partial charge in [0.15, 0.2) is 6.10 Å². The van der Waals surface area contributed by atoms with Crippen LogP contribution in [-0.4, -0.2) is 24.0 Å². The first kappa shape index (κ1) is 17.2. The molecule has 1 atom stereocenters. The molecule has 0 bridgehead atoms. The molecule has 0 spiro atoms. The van der Waals surface area contributed by atoms with Crippen LogP contribution in [0.2, 0.25) is 0 Å². The number of imide groups is 1. The van der Waals surface area contributed by atoms with Crippen LogP contribution in [-0.2, 0) is 16.1 Å². The molecule has 2 N–H and O–H groups in total. The number of urea groups is 1. The third-order valence-electron chi connectivity index (χ3n) is 3.20. The van der Waals surface area contributed by atoms with Gasteiger partial charge in [-0.1, -0.05) is 48.5 Å². The lowest BCUT2D eigenvalue weighted by Crippen LogP contribution is -2.44. The molecule has 0 radical (unpaired) electrons. The minimum absolute atomic E-state index is 0.290. The minimum Gasteiger partial charge on any atom is -0.449 e. The van der Waals surface area contributed by atoms with E-state index in [4.69, 9.17) is 4.74 Å². The molecule has 0 fully saturated rings. The summed E-state index contributed by atoms with van der Waals surface area (Å²) in [5, 5.41) is 4.70. The van der Waals surface area contributed by atoms with E-state index in [0.717, 1.165) is 5.56 Å². The van der Waals surface area contributed by atoms with Gasteiger partial charge < -0.3 is 10.1 Å². The molecule has 0 saturated carbocycles. The molecule has 2 rings (SSSR count). The average Bonchev–Trinajstić information content (AvgIpc) is 2.61. The molecule has 124 valence electrons. The summed E-state index contributed by atoms with van der Waals surface area (Å²) in [6, 6.07) is 17.0. The summed E-state index contributed by atoms with van der Waals surface area (Å²) in [4.78, 5) is 35.4. The molecule has 2 aromatic rings. The van der Waals surface area contributed by atoms with Gasteiger partial charge in [0.2, 0.25) is 0 Å². The van der Waals surface area contributed by atoms with Gasteiger partial charge in [-0.15, -0.1) is 0 Å². The van der Waals surface area contributed by atoms with Crippen LogP contribution >= 0.6 is 0 Å². The van der Waals surface area contributed by atoms with E-state index in [9.17, 15) is 14.4 Å². The molecule has 0 aliphatic carbocycles. The van der Waals surface area contributed by atoms with Gasteiger partial charge in [-0.25, -0.2) is 9.59 Å². The van der Waals surface area contributed by atoms with Crippen molar-refractivity contribution in [3.8, 4) is 0 Å². The zero-order valence-corrected chi connectivity index (χ0v) is 13.2. The van der Waals surface area contributed by atoms with Crippen LogP contribution in [0, 0.1) is 0 Å². The molecule has 1 unspecified atom stereocenters. The van der Waals surface area contributed by atoms with Crippen molar-refractivity contribution in [2.75, 3.05) is 0 Å². The Morgan fingerprint density at radius 3 is 2.17 bits per heavy atom. The molecule has 6 heteroatoms. The van der Waals surface area contributed by atoms with Crippen LogP contribution in [0.5, 0.6) is 0 Å². The van der Waals surface area contributed by atoms with Gasteiger partial charge in [-0.2, -0.15) is 0 Å². The minimum atomic E-state index is -1.08. The highest BCUT2D eigenvalue weighted by Crippen LogP contribution is 2.04. The van der Waals surface area contributed by atoms with Gasteiger partial charge in [0, 0.05) is 6.54 Å². The lowest BCUT2D eigenvalue weighted by Gasteiger charge is -2.13. The van der Waals surface area contributed by atoms with Crippen LogP contribution < -0.4 is 10.6 Å². The van der Waals surface area contributed by atoms with E-state index in [1.165, 1.54) is 6.92 Å². The highest BCUT2D eigenvalue weighted by atomic mass is 16.5. The molecular formula is C18H18N2O4. The van der Waals surface area contributed by atoms with Crippen molar-refractivity contribution in [1.82, 2.24) is 10.6 Å². The van der Waals surface area contributed by atoms with Crippen molar-refractivity contribution in [3.63, 3.8) is 0 Å². The predicted molar refractivity (Wildman–Crippen MR) is 88.1 cm³/mol. The van der Waals surface area contributed by atoms with E-state index in [1.807, 2.05) is 30.3 Å². The normalized spacial score (nSPS) is 11.2. The first-order chi connectivity index (χ1) is 11.6. The van der Waals surface area contributed by atoms with Crippen molar-refractivity contribution in [2.45, 2.75) is 19.6 Å². The summed E-state index contributed by atoms with van der Waals surface area (Å²) in [6.45, 7) is 1.69. The number of ether oxygens (including phenoxy) is 1. The summed E-state index contributed by atoms with van der Waals surface area (Å²) < 4.78 is 5.03. The zero-order chi connectivity index (χ0) is 17.4. The number of carbonyl (C=O) groups excluding carboxylic acids is 3. The van der Waals surface area contributed by atoms with Crippen molar-refractivity contribution in [2.24, 2.45) is 0 Å². The number of hydrogen-bond donors (Lipinski definition) is 2. The highest BCUT2D eigenvalue weighted by molar-refractivity contribution is 5.98. The van der Waals surface area contributed by atoms with Crippen LogP contribution in [0.3, 0.4) is 0 Å². The number of benzene rings is 2. The van der Waals surface area contributed by atoms with Crippen LogP contribution in [0.25, 0.3) is 0 Å². The van der Waals surface area contributed by atoms with Crippen molar-refractivity contribution in [3.05, 3.63) is 71.8 Å². The molecule has 3 amide bonds. The fourth-order valence-corrected chi connectivity index (χ4v) is 1.89. The number of esters is 1. The number of amides is 3. The Hall–Kier alpha value is -3.15.